The molecule has 3 heterocycles. The van der Waals surface area contributed by atoms with Gasteiger partial charge >= 0.3 is 6.18 Å². The highest BCUT2D eigenvalue weighted by molar-refractivity contribution is 7.71. The number of amides is 1. The number of rotatable bonds is 2. The van der Waals surface area contributed by atoms with Gasteiger partial charge in [-0.3, -0.25) is 4.79 Å². The van der Waals surface area contributed by atoms with Crippen molar-refractivity contribution in [3.05, 3.63) is 44.6 Å². The summed E-state index contributed by atoms with van der Waals surface area (Å²) < 4.78 is 38.5. The van der Waals surface area contributed by atoms with Crippen molar-refractivity contribution in [1.82, 2.24) is 14.9 Å². The molecule has 2 aromatic rings. The van der Waals surface area contributed by atoms with Crippen LogP contribution < -0.4 is 0 Å². The normalized spacial score (nSPS) is 18.6. The van der Waals surface area contributed by atoms with Crippen LogP contribution in [0.3, 0.4) is 0 Å². The van der Waals surface area contributed by atoms with Crippen molar-refractivity contribution in [2.45, 2.75) is 24.9 Å². The molecule has 1 aliphatic rings. The molecule has 2 aromatic heterocycles. The first kappa shape index (κ1) is 17.1. The van der Waals surface area contributed by atoms with Crippen LogP contribution in [0.4, 0.5) is 13.2 Å². The monoisotopic (exact) mass is 373 g/mol. The van der Waals surface area contributed by atoms with Crippen LogP contribution >= 0.6 is 23.6 Å². The Kier molecular flexibility index (Phi) is 4.73. The summed E-state index contributed by atoms with van der Waals surface area (Å²) >= 11 is 6.13. The molecule has 0 bridgehead atoms. The van der Waals surface area contributed by atoms with E-state index >= 15 is 0 Å². The number of piperidine rings is 1. The molecule has 1 N–H and O–H groups in total. The minimum absolute atomic E-state index is 0.176. The predicted octanol–water partition coefficient (Wildman–Crippen LogP) is 4.24. The van der Waals surface area contributed by atoms with Gasteiger partial charge in [0, 0.05) is 30.6 Å². The van der Waals surface area contributed by atoms with E-state index in [9.17, 15) is 18.0 Å². The third kappa shape index (κ3) is 3.51. The average molecular weight is 373 g/mol. The smallest absolute Gasteiger partial charge is 0.352 e. The zero-order valence-corrected chi connectivity index (χ0v) is 14.1. The maximum absolute atomic E-state index is 12.7. The summed E-state index contributed by atoms with van der Waals surface area (Å²) in [5, 5.41) is 1.46. The van der Waals surface area contributed by atoms with Crippen molar-refractivity contribution in [1.29, 1.82) is 0 Å². The van der Waals surface area contributed by atoms with E-state index in [2.05, 4.69) is 9.97 Å². The maximum Gasteiger partial charge on any atom is 0.434 e. The van der Waals surface area contributed by atoms with E-state index in [1.165, 1.54) is 0 Å². The standard InChI is InChI=1S/C15H14F3N3OS2/c16-15(17,18)11-8-24-13(20-11)9-3-2-6-21(7-9)14(22)10-4-1-5-19-12(10)23/h1,4-5,8-9H,2-3,6-7H2,(H,19,23)/t9-/m0/s1. The Morgan fingerprint density at radius 1 is 1.46 bits per heavy atom. The van der Waals surface area contributed by atoms with Gasteiger partial charge in [-0.15, -0.1) is 11.3 Å². The Morgan fingerprint density at radius 3 is 2.92 bits per heavy atom. The van der Waals surface area contributed by atoms with Crippen molar-refractivity contribution >= 4 is 29.5 Å². The van der Waals surface area contributed by atoms with Gasteiger partial charge in [0.05, 0.1) is 10.6 Å². The summed E-state index contributed by atoms with van der Waals surface area (Å²) in [6.45, 7) is 0.920. The van der Waals surface area contributed by atoms with Crippen LogP contribution in [-0.4, -0.2) is 33.9 Å². The third-order valence-corrected chi connectivity index (χ3v) is 5.26. The first-order chi connectivity index (χ1) is 11.4. The van der Waals surface area contributed by atoms with Crippen LogP contribution in [0.5, 0.6) is 0 Å². The summed E-state index contributed by atoms with van der Waals surface area (Å²) in [5.74, 6) is -0.376. The van der Waals surface area contributed by atoms with Crippen LogP contribution in [-0.2, 0) is 6.18 Å². The predicted molar refractivity (Wildman–Crippen MR) is 86.6 cm³/mol. The molecular formula is C15H14F3N3OS2. The van der Waals surface area contributed by atoms with Gasteiger partial charge in [-0.2, -0.15) is 13.2 Å². The number of aromatic amines is 1. The first-order valence-electron chi connectivity index (χ1n) is 7.36. The van der Waals surface area contributed by atoms with E-state index in [1.807, 2.05) is 0 Å². The van der Waals surface area contributed by atoms with Gasteiger partial charge in [0.1, 0.15) is 4.64 Å². The highest BCUT2D eigenvalue weighted by Gasteiger charge is 2.35. The Morgan fingerprint density at radius 2 is 2.25 bits per heavy atom. The van der Waals surface area contributed by atoms with Gasteiger partial charge in [-0.25, -0.2) is 4.98 Å². The number of hydrogen-bond donors (Lipinski definition) is 1. The Bertz CT molecular complexity index is 800. The molecule has 1 amide bonds. The number of aromatic nitrogens is 2. The SMILES string of the molecule is O=C(c1ccc[nH]c1=S)N1CCC[C@H](c2nc(C(F)(F)F)cs2)C1. The molecule has 0 radical (unpaired) electrons. The summed E-state index contributed by atoms with van der Waals surface area (Å²) in [6.07, 6.45) is -1.35. The Hall–Kier alpha value is -1.74. The van der Waals surface area contributed by atoms with E-state index in [-0.39, 0.29) is 11.8 Å². The number of alkyl halides is 3. The molecule has 3 rings (SSSR count). The lowest BCUT2D eigenvalue weighted by Gasteiger charge is -2.31. The number of nitrogens with zero attached hydrogens (tertiary/aromatic N) is 2. The lowest BCUT2D eigenvalue weighted by Crippen LogP contribution is -2.39. The molecule has 0 spiro atoms. The Balaban J connectivity index is 1.77. The number of likely N-dealkylation sites (tertiary alicyclic amines) is 1. The van der Waals surface area contributed by atoms with Crippen LogP contribution in [0.15, 0.2) is 23.7 Å². The molecule has 0 saturated carbocycles. The van der Waals surface area contributed by atoms with Crippen molar-refractivity contribution in [3.63, 3.8) is 0 Å². The Labute approximate surface area is 145 Å². The molecule has 0 aromatic carbocycles. The van der Waals surface area contributed by atoms with E-state index in [4.69, 9.17) is 12.2 Å². The lowest BCUT2D eigenvalue weighted by molar-refractivity contribution is -0.140. The lowest BCUT2D eigenvalue weighted by atomic mass is 9.98. The van der Waals surface area contributed by atoms with Crippen LogP contribution in [0.2, 0.25) is 0 Å². The first-order valence-corrected chi connectivity index (χ1v) is 8.64. The zero-order valence-electron chi connectivity index (χ0n) is 12.5. The molecule has 1 atom stereocenters. The highest BCUT2D eigenvalue weighted by Crippen LogP contribution is 2.35. The second-order valence-corrected chi connectivity index (χ2v) is 6.87. The number of nitrogens with one attached hydrogen (secondary N) is 1. The fourth-order valence-electron chi connectivity index (χ4n) is 2.73. The van der Waals surface area contributed by atoms with E-state index < -0.39 is 11.9 Å². The fraction of sp³-hybridized carbons (Fsp3) is 0.400. The molecule has 0 unspecified atom stereocenters. The topological polar surface area (TPSA) is 49.0 Å². The van der Waals surface area contributed by atoms with Gasteiger partial charge in [0.25, 0.3) is 5.91 Å². The molecule has 1 fully saturated rings. The van der Waals surface area contributed by atoms with E-state index in [1.54, 1.807) is 23.2 Å². The van der Waals surface area contributed by atoms with Crippen LogP contribution in [0, 0.1) is 4.64 Å². The minimum Gasteiger partial charge on any atom is -0.352 e. The molecule has 128 valence electrons. The minimum atomic E-state index is -4.43. The summed E-state index contributed by atoms with van der Waals surface area (Å²) in [4.78, 5) is 20.8. The van der Waals surface area contributed by atoms with Gasteiger partial charge in [-0.05, 0) is 25.0 Å². The number of hydrogen-bond acceptors (Lipinski definition) is 4. The van der Waals surface area contributed by atoms with Crippen molar-refractivity contribution < 1.29 is 18.0 Å². The molecule has 0 aliphatic carbocycles. The number of carbonyl (C=O) groups is 1. The number of H-pyrrole nitrogens is 1. The third-order valence-electron chi connectivity index (χ3n) is 3.92. The van der Waals surface area contributed by atoms with Crippen molar-refractivity contribution in [2.24, 2.45) is 0 Å². The average Bonchev–Trinajstić information content (AvgIpc) is 3.05. The summed E-state index contributed by atoms with van der Waals surface area (Å²) in [5.41, 5.74) is -0.459. The highest BCUT2D eigenvalue weighted by atomic mass is 32.1. The zero-order chi connectivity index (χ0) is 17.3. The fourth-order valence-corrected chi connectivity index (χ4v) is 3.91. The molecule has 4 nitrogen and oxygen atoms in total. The van der Waals surface area contributed by atoms with Crippen LogP contribution in [0.25, 0.3) is 0 Å². The van der Waals surface area contributed by atoms with Gasteiger partial charge in [0.2, 0.25) is 0 Å². The quantitative estimate of drug-likeness (QED) is 0.801. The molecule has 1 aliphatic heterocycles. The second kappa shape index (κ2) is 6.64. The molecular weight excluding hydrogens is 359 g/mol. The van der Waals surface area contributed by atoms with Gasteiger partial charge in [0.15, 0.2) is 5.69 Å². The summed E-state index contributed by atoms with van der Waals surface area (Å²) in [7, 11) is 0. The molecule has 9 heteroatoms. The van der Waals surface area contributed by atoms with Crippen molar-refractivity contribution in [3.8, 4) is 0 Å². The number of thiazole rings is 1. The van der Waals surface area contributed by atoms with E-state index in [0.29, 0.717) is 28.3 Å². The van der Waals surface area contributed by atoms with Gasteiger partial charge < -0.3 is 9.88 Å². The van der Waals surface area contributed by atoms with Crippen LogP contribution in [0.1, 0.15) is 39.8 Å². The molecule has 24 heavy (non-hydrogen) atoms. The molecule has 1 saturated heterocycles. The van der Waals surface area contributed by atoms with Crippen molar-refractivity contribution in [2.75, 3.05) is 13.1 Å². The largest absolute Gasteiger partial charge is 0.434 e. The maximum atomic E-state index is 12.7. The number of halogens is 3. The summed E-state index contributed by atoms with van der Waals surface area (Å²) in [6, 6.07) is 3.34. The number of carbonyl (C=O) groups excluding carboxylic acids is 1. The second-order valence-electron chi connectivity index (χ2n) is 5.57. The van der Waals surface area contributed by atoms with E-state index in [0.717, 1.165) is 29.6 Å². The number of pyridine rings is 1. The van der Waals surface area contributed by atoms with Gasteiger partial charge in [-0.1, -0.05) is 12.2 Å².